The summed E-state index contributed by atoms with van der Waals surface area (Å²) in [6.07, 6.45) is 27.8. The monoisotopic (exact) mass is 294 g/mol. The van der Waals surface area contributed by atoms with Crippen LogP contribution < -0.4 is 5.43 Å². The minimum atomic E-state index is -0.977. The van der Waals surface area contributed by atoms with E-state index in [0.717, 1.165) is 0 Å². The van der Waals surface area contributed by atoms with Crippen molar-refractivity contribution in [3.63, 3.8) is 0 Å². The number of carbonyl (C=O) groups is 1. The highest BCUT2D eigenvalue weighted by Gasteiger charge is 1.99. The Balaban J connectivity index is 2.87. The number of rotatable bonds is 1. The van der Waals surface area contributed by atoms with Gasteiger partial charge in [-0.25, -0.2) is 4.79 Å². The molecule has 0 amide bonds. The highest BCUT2D eigenvalue weighted by Crippen LogP contribution is 1.99. The van der Waals surface area contributed by atoms with E-state index in [1.54, 1.807) is 42.8 Å². The first kappa shape index (κ1) is 16.9. The minimum absolute atomic E-state index is 0.198. The van der Waals surface area contributed by atoms with Crippen molar-refractivity contribution >= 4 is 12.2 Å². The first-order valence-electron chi connectivity index (χ1n) is 6.69. The second kappa shape index (κ2) is 11.7. The molecule has 4 heteroatoms. The van der Waals surface area contributed by atoms with Gasteiger partial charge in [0.2, 0.25) is 0 Å². The topological polar surface area (TPSA) is 61.7 Å². The largest absolute Gasteiger partial charge is 0.478 e. The van der Waals surface area contributed by atoms with Crippen LogP contribution in [0.3, 0.4) is 0 Å². The maximum atomic E-state index is 11.1. The van der Waals surface area contributed by atoms with Crippen molar-refractivity contribution < 1.29 is 9.90 Å². The molecule has 0 aromatic rings. The lowest BCUT2D eigenvalue weighted by molar-refractivity contribution is -0.132. The molecule has 0 bridgehead atoms. The average Bonchev–Trinajstić information content (AvgIpc) is 2.50. The lowest BCUT2D eigenvalue weighted by atomic mass is 10.2. The molecule has 1 aliphatic heterocycles. The summed E-state index contributed by atoms with van der Waals surface area (Å²) in [6.45, 7) is 0. The normalized spacial score (nSPS) is 15.7. The molecular formula is C18H18N2O2. The molecule has 0 unspecified atom stereocenters. The molecule has 0 spiro atoms. The fourth-order valence-electron chi connectivity index (χ4n) is 1.31. The fourth-order valence-corrected chi connectivity index (χ4v) is 1.31. The molecule has 0 aromatic heterocycles. The second-order valence-corrected chi connectivity index (χ2v) is 3.98. The number of aliphatic carboxylic acids is 1. The first-order valence-corrected chi connectivity index (χ1v) is 6.69. The van der Waals surface area contributed by atoms with Gasteiger partial charge < -0.3 is 5.11 Å². The maximum absolute atomic E-state index is 11.1. The third-order valence-corrected chi connectivity index (χ3v) is 2.32. The van der Waals surface area contributed by atoms with Crippen molar-refractivity contribution in [1.82, 2.24) is 5.43 Å². The van der Waals surface area contributed by atoms with Gasteiger partial charge in [-0.05, 0) is 24.3 Å². The summed E-state index contributed by atoms with van der Waals surface area (Å²) in [7, 11) is 0. The summed E-state index contributed by atoms with van der Waals surface area (Å²) < 4.78 is 0. The van der Waals surface area contributed by atoms with Crippen molar-refractivity contribution in [1.29, 1.82) is 0 Å². The number of carboxylic acid groups (broad SMARTS) is 1. The molecular weight excluding hydrogens is 276 g/mol. The molecule has 0 atom stereocenters. The lowest BCUT2D eigenvalue weighted by Crippen LogP contribution is -1.96. The van der Waals surface area contributed by atoms with E-state index in [4.69, 9.17) is 5.11 Å². The van der Waals surface area contributed by atoms with Gasteiger partial charge in [0.05, 0.1) is 5.57 Å². The van der Waals surface area contributed by atoms with E-state index < -0.39 is 5.97 Å². The van der Waals surface area contributed by atoms with Crippen molar-refractivity contribution in [2.45, 2.75) is 0 Å². The predicted molar refractivity (Wildman–Crippen MR) is 91.3 cm³/mol. The number of hydrogen-bond donors (Lipinski definition) is 2. The predicted octanol–water partition coefficient (Wildman–Crippen LogP) is 3.44. The van der Waals surface area contributed by atoms with E-state index >= 15 is 0 Å². The third-order valence-electron chi connectivity index (χ3n) is 2.32. The van der Waals surface area contributed by atoms with Crippen LogP contribution in [0, 0.1) is 0 Å². The van der Waals surface area contributed by atoms with Gasteiger partial charge in [-0.1, -0.05) is 60.8 Å². The quantitative estimate of drug-likeness (QED) is 0.778. The summed E-state index contributed by atoms with van der Waals surface area (Å²) in [5.74, 6) is -0.977. The van der Waals surface area contributed by atoms with Crippen molar-refractivity contribution in [3.8, 4) is 0 Å². The highest BCUT2D eigenvalue weighted by atomic mass is 16.4. The van der Waals surface area contributed by atoms with Gasteiger partial charge >= 0.3 is 5.97 Å². The van der Waals surface area contributed by atoms with Crippen LogP contribution in [0.1, 0.15) is 0 Å². The molecule has 4 nitrogen and oxygen atoms in total. The van der Waals surface area contributed by atoms with Gasteiger partial charge in [0.25, 0.3) is 0 Å². The average molecular weight is 294 g/mol. The Morgan fingerprint density at radius 1 is 0.818 bits per heavy atom. The van der Waals surface area contributed by atoms with E-state index in [0.29, 0.717) is 0 Å². The zero-order valence-corrected chi connectivity index (χ0v) is 12.0. The van der Waals surface area contributed by atoms with E-state index in [1.165, 1.54) is 12.2 Å². The number of nitrogens with zero attached hydrogens (tertiary/aromatic N) is 1. The number of hydrazone groups is 1. The van der Waals surface area contributed by atoms with Gasteiger partial charge in [0.1, 0.15) is 0 Å². The molecule has 0 aromatic carbocycles. The molecule has 0 saturated heterocycles. The number of nitrogens with one attached hydrogen (secondary N) is 1. The Hall–Kier alpha value is -3.14. The first-order chi connectivity index (χ1) is 10.8. The molecule has 1 heterocycles. The van der Waals surface area contributed by atoms with Gasteiger partial charge in [0.15, 0.2) is 0 Å². The number of allylic oxidation sites excluding steroid dienone is 13. The Kier molecular flexibility index (Phi) is 8.97. The Labute approximate surface area is 130 Å². The van der Waals surface area contributed by atoms with E-state index in [9.17, 15) is 4.79 Å². The van der Waals surface area contributed by atoms with Crippen LogP contribution >= 0.6 is 0 Å². The molecule has 0 fully saturated rings. The zero-order valence-electron chi connectivity index (χ0n) is 12.0. The molecule has 22 heavy (non-hydrogen) atoms. The molecule has 1 aliphatic rings. The van der Waals surface area contributed by atoms with Gasteiger partial charge in [0, 0.05) is 12.4 Å². The summed E-state index contributed by atoms with van der Waals surface area (Å²) in [5.41, 5.74) is 2.93. The molecule has 0 radical (unpaired) electrons. The lowest BCUT2D eigenvalue weighted by Gasteiger charge is -1.90. The second-order valence-electron chi connectivity index (χ2n) is 3.98. The highest BCUT2D eigenvalue weighted by molar-refractivity contribution is 5.90. The van der Waals surface area contributed by atoms with Crippen LogP contribution in [-0.4, -0.2) is 17.3 Å². The van der Waals surface area contributed by atoms with Crippen LogP contribution in [-0.2, 0) is 4.79 Å². The van der Waals surface area contributed by atoms with Crippen molar-refractivity contribution in [3.05, 3.63) is 96.8 Å². The maximum Gasteiger partial charge on any atom is 0.335 e. The smallest absolute Gasteiger partial charge is 0.335 e. The summed E-state index contributed by atoms with van der Waals surface area (Å²) in [4.78, 5) is 11.1. The van der Waals surface area contributed by atoms with Crippen LogP contribution in [0.4, 0.5) is 0 Å². The van der Waals surface area contributed by atoms with Crippen LogP contribution in [0.15, 0.2) is 102 Å². The van der Waals surface area contributed by atoms with E-state index in [2.05, 4.69) is 10.5 Å². The zero-order chi connectivity index (χ0) is 15.9. The van der Waals surface area contributed by atoms with Gasteiger partial charge in [-0.2, -0.15) is 5.10 Å². The Bertz CT molecular complexity index is 613. The van der Waals surface area contributed by atoms with Gasteiger partial charge in [-0.15, -0.1) is 0 Å². The van der Waals surface area contributed by atoms with Gasteiger partial charge in [-0.3, -0.25) is 5.43 Å². The van der Waals surface area contributed by atoms with E-state index in [-0.39, 0.29) is 5.57 Å². The van der Waals surface area contributed by atoms with E-state index in [1.807, 2.05) is 42.5 Å². The summed E-state index contributed by atoms with van der Waals surface area (Å²) in [6, 6.07) is 0. The summed E-state index contributed by atoms with van der Waals surface area (Å²) in [5, 5.41) is 13.0. The molecule has 0 aliphatic carbocycles. The molecule has 0 saturated carbocycles. The minimum Gasteiger partial charge on any atom is -0.478 e. The van der Waals surface area contributed by atoms with Crippen molar-refractivity contribution in [2.75, 3.05) is 0 Å². The molecule has 112 valence electrons. The molecule has 1 rings (SSSR count). The third kappa shape index (κ3) is 8.87. The van der Waals surface area contributed by atoms with Crippen LogP contribution in [0.25, 0.3) is 0 Å². The standard InChI is InChI=1S/C18H18N2O2/c21-18(22)17-13-9-6-4-2-1-3-5-7-11-15-19-20-16-12-8-10-14-17/h1-16,19H,(H,21,22). The fraction of sp³-hybridized carbons (Fsp3) is 0. The Morgan fingerprint density at radius 3 is 2.09 bits per heavy atom. The summed E-state index contributed by atoms with van der Waals surface area (Å²) >= 11 is 0. The van der Waals surface area contributed by atoms with Crippen LogP contribution in [0.2, 0.25) is 0 Å². The SMILES string of the molecule is O=C(O)C1=CC=CC=CC=CC=CC=CNN=CC=CC=C1. The number of carboxylic acids is 1. The van der Waals surface area contributed by atoms with Crippen LogP contribution in [0.5, 0.6) is 0 Å². The number of hydrogen-bond acceptors (Lipinski definition) is 3. The van der Waals surface area contributed by atoms with Crippen molar-refractivity contribution in [2.24, 2.45) is 5.10 Å². The molecule has 2 N–H and O–H groups in total. The Morgan fingerprint density at radius 2 is 1.41 bits per heavy atom.